The summed E-state index contributed by atoms with van der Waals surface area (Å²) in [5, 5.41) is 15.6. The maximum Gasteiger partial charge on any atom is 0.251 e. The summed E-state index contributed by atoms with van der Waals surface area (Å²) in [4.78, 5) is 12.0. The van der Waals surface area contributed by atoms with Gasteiger partial charge in [-0.15, -0.1) is 0 Å². The largest absolute Gasteiger partial charge is 0.508 e. The molecule has 0 saturated carbocycles. The number of amides is 1. The second-order valence-corrected chi connectivity index (χ2v) is 4.52. The predicted octanol–water partition coefficient (Wildman–Crippen LogP) is 1.18. The van der Waals surface area contributed by atoms with Crippen LogP contribution in [0.25, 0.3) is 0 Å². The second-order valence-electron chi connectivity index (χ2n) is 4.52. The maximum absolute atomic E-state index is 12.0. The number of nitrogens with one attached hydrogen (secondary N) is 2. The summed E-state index contributed by atoms with van der Waals surface area (Å²) in [7, 11) is 0. The monoisotopic (exact) mass is 234 g/mol. The van der Waals surface area contributed by atoms with Gasteiger partial charge in [-0.2, -0.15) is 0 Å². The van der Waals surface area contributed by atoms with Crippen LogP contribution in [-0.4, -0.2) is 30.1 Å². The zero-order chi connectivity index (χ0) is 12.3. The number of carbonyl (C=O) groups excluding carboxylic acids is 1. The van der Waals surface area contributed by atoms with E-state index in [4.69, 9.17) is 0 Å². The first kappa shape index (κ1) is 11.9. The molecule has 1 aliphatic heterocycles. The van der Waals surface area contributed by atoms with Gasteiger partial charge >= 0.3 is 0 Å². The van der Waals surface area contributed by atoms with Gasteiger partial charge in [0.2, 0.25) is 0 Å². The quantitative estimate of drug-likeness (QED) is 0.720. The number of aromatic hydroxyl groups is 1. The van der Waals surface area contributed by atoms with Crippen LogP contribution in [0.2, 0.25) is 0 Å². The minimum atomic E-state index is -0.0591. The van der Waals surface area contributed by atoms with E-state index in [1.165, 1.54) is 0 Å². The third-order valence-electron chi connectivity index (χ3n) is 3.09. The van der Waals surface area contributed by atoms with Crippen molar-refractivity contribution in [1.82, 2.24) is 10.6 Å². The van der Waals surface area contributed by atoms with Gasteiger partial charge in [-0.25, -0.2) is 0 Å². The van der Waals surface area contributed by atoms with E-state index >= 15 is 0 Å². The average molecular weight is 234 g/mol. The first-order valence-corrected chi connectivity index (χ1v) is 5.98. The van der Waals surface area contributed by atoms with Crippen molar-refractivity contribution < 1.29 is 9.90 Å². The molecule has 1 heterocycles. The highest BCUT2D eigenvalue weighted by Gasteiger charge is 2.17. The van der Waals surface area contributed by atoms with Crippen LogP contribution in [0.4, 0.5) is 0 Å². The fourth-order valence-corrected chi connectivity index (χ4v) is 2.14. The van der Waals surface area contributed by atoms with E-state index in [1.807, 2.05) is 6.92 Å². The van der Waals surface area contributed by atoms with E-state index in [0.717, 1.165) is 31.5 Å². The highest BCUT2D eigenvalue weighted by molar-refractivity contribution is 5.96. The Labute approximate surface area is 101 Å². The lowest BCUT2D eigenvalue weighted by Crippen LogP contribution is -2.45. The van der Waals surface area contributed by atoms with E-state index in [-0.39, 0.29) is 17.7 Å². The number of phenols is 1. The summed E-state index contributed by atoms with van der Waals surface area (Å²) in [6.07, 6.45) is 2.12. The molecule has 0 aliphatic carbocycles. The van der Waals surface area contributed by atoms with Crippen molar-refractivity contribution in [2.45, 2.75) is 25.8 Å². The second kappa shape index (κ2) is 5.19. The fourth-order valence-electron chi connectivity index (χ4n) is 2.14. The van der Waals surface area contributed by atoms with Gasteiger partial charge < -0.3 is 15.7 Å². The molecule has 1 aromatic rings. The van der Waals surface area contributed by atoms with Gasteiger partial charge in [0.1, 0.15) is 5.75 Å². The normalized spacial score (nSPS) is 19.9. The van der Waals surface area contributed by atoms with Crippen molar-refractivity contribution in [1.29, 1.82) is 0 Å². The van der Waals surface area contributed by atoms with E-state index < -0.39 is 0 Å². The van der Waals surface area contributed by atoms with Crippen LogP contribution in [0.1, 0.15) is 28.8 Å². The first-order valence-electron chi connectivity index (χ1n) is 5.98. The van der Waals surface area contributed by atoms with Gasteiger partial charge in [-0.3, -0.25) is 4.79 Å². The van der Waals surface area contributed by atoms with Gasteiger partial charge in [-0.05, 0) is 50.1 Å². The molecule has 1 saturated heterocycles. The van der Waals surface area contributed by atoms with Gasteiger partial charge in [0.15, 0.2) is 0 Å². The molecule has 92 valence electrons. The molecule has 0 bridgehead atoms. The lowest BCUT2D eigenvalue weighted by atomic mass is 10.0. The summed E-state index contributed by atoms with van der Waals surface area (Å²) < 4.78 is 0. The summed E-state index contributed by atoms with van der Waals surface area (Å²) >= 11 is 0. The molecule has 2 rings (SSSR count). The Morgan fingerprint density at radius 3 is 3.00 bits per heavy atom. The van der Waals surface area contributed by atoms with E-state index in [2.05, 4.69) is 10.6 Å². The number of phenolic OH excluding ortho intramolecular Hbond substituents is 1. The van der Waals surface area contributed by atoms with Crippen LogP contribution in [0.3, 0.4) is 0 Å². The third kappa shape index (κ3) is 2.97. The number of carbonyl (C=O) groups is 1. The molecule has 1 aromatic carbocycles. The molecule has 1 atom stereocenters. The van der Waals surface area contributed by atoms with E-state index in [1.54, 1.807) is 18.2 Å². The Morgan fingerprint density at radius 2 is 2.35 bits per heavy atom. The SMILES string of the molecule is Cc1cc(O)ccc1C(=O)N[C@@H]1CCCNC1. The van der Waals surface area contributed by atoms with Crippen LogP contribution in [0, 0.1) is 6.92 Å². The highest BCUT2D eigenvalue weighted by Crippen LogP contribution is 2.16. The van der Waals surface area contributed by atoms with Crippen LogP contribution in [-0.2, 0) is 0 Å². The predicted molar refractivity (Wildman–Crippen MR) is 66.2 cm³/mol. The lowest BCUT2D eigenvalue weighted by Gasteiger charge is -2.24. The minimum absolute atomic E-state index is 0.0591. The molecule has 1 aliphatic rings. The summed E-state index contributed by atoms with van der Waals surface area (Å²) in [5.41, 5.74) is 1.43. The Bertz CT molecular complexity index is 412. The van der Waals surface area contributed by atoms with Gasteiger partial charge in [0.25, 0.3) is 5.91 Å². The van der Waals surface area contributed by atoms with Crippen LogP contribution in [0.15, 0.2) is 18.2 Å². The zero-order valence-corrected chi connectivity index (χ0v) is 9.99. The number of hydrogen-bond donors (Lipinski definition) is 3. The molecular weight excluding hydrogens is 216 g/mol. The minimum Gasteiger partial charge on any atom is -0.508 e. The van der Waals surface area contributed by atoms with Crippen molar-refractivity contribution in [3.05, 3.63) is 29.3 Å². The molecule has 4 nitrogen and oxygen atoms in total. The van der Waals surface area contributed by atoms with Crippen molar-refractivity contribution in [3.63, 3.8) is 0 Å². The van der Waals surface area contributed by atoms with Crippen molar-refractivity contribution in [2.24, 2.45) is 0 Å². The lowest BCUT2D eigenvalue weighted by molar-refractivity contribution is 0.0930. The Hall–Kier alpha value is -1.55. The molecule has 0 radical (unpaired) electrons. The van der Waals surface area contributed by atoms with Crippen molar-refractivity contribution >= 4 is 5.91 Å². The average Bonchev–Trinajstić information content (AvgIpc) is 2.30. The standard InChI is InChI=1S/C13H18N2O2/c1-9-7-11(16)4-5-12(9)13(17)15-10-3-2-6-14-8-10/h4-5,7,10,14,16H,2-3,6,8H2,1H3,(H,15,17)/t10-/m1/s1. The molecule has 1 fully saturated rings. The zero-order valence-electron chi connectivity index (χ0n) is 9.99. The van der Waals surface area contributed by atoms with E-state index in [9.17, 15) is 9.90 Å². The molecule has 0 unspecified atom stereocenters. The molecular formula is C13H18N2O2. The molecule has 3 N–H and O–H groups in total. The van der Waals surface area contributed by atoms with Crippen molar-refractivity contribution in [2.75, 3.05) is 13.1 Å². The van der Waals surface area contributed by atoms with Crippen LogP contribution < -0.4 is 10.6 Å². The third-order valence-corrected chi connectivity index (χ3v) is 3.09. The number of hydrogen-bond acceptors (Lipinski definition) is 3. The molecule has 1 amide bonds. The highest BCUT2D eigenvalue weighted by atomic mass is 16.3. The molecule has 0 aromatic heterocycles. The number of piperidine rings is 1. The Balaban J connectivity index is 2.03. The van der Waals surface area contributed by atoms with Crippen molar-refractivity contribution in [3.8, 4) is 5.75 Å². The number of rotatable bonds is 2. The van der Waals surface area contributed by atoms with E-state index in [0.29, 0.717) is 5.56 Å². The maximum atomic E-state index is 12.0. The fraction of sp³-hybridized carbons (Fsp3) is 0.462. The molecule has 17 heavy (non-hydrogen) atoms. The Morgan fingerprint density at radius 1 is 1.53 bits per heavy atom. The van der Waals surface area contributed by atoms with Gasteiger partial charge in [0.05, 0.1) is 0 Å². The van der Waals surface area contributed by atoms with Gasteiger partial charge in [-0.1, -0.05) is 0 Å². The first-order chi connectivity index (χ1) is 8.16. The topological polar surface area (TPSA) is 61.4 Å². The summed E-state index contributed by atoms with van der Waals surface area (Å²) in [5.74, 6) is 0.134. The summed E-state index contributed by atoms with van der Waals surface area (Å²) in [6.45, 7) is 3.70. The number of benzene rings is 1. The van der Waals surface area contributed by atoms with Crippen LogP contribution in [0.5, 0.6) is 5.75 Å². The molecule has 4 heteroatoms. The Kier molecular flexibility index (Phi) is 3.64. The smallest absolute Gasteiger partial charge is 0.251 e. The van der Waals surface area contributed by atoms with Crippen LogP contribution >= 0.6 is 0 Å². The number of aryl methyl sites for hydroxylation is 1. The summed E-state index contributed by atoms with van der Waals surface area (Å²) in [6, 6.07) is 5.02. The van der Waals surface area contributed by atoms with Gasteiger partial charge in [0, 0.05) is 18.2 Å². The molecule has 0 spiro atoms.